The SMILES string of the molecule is O=C(O)Cc1ccc(NC(=O)c2cccc(=O)[nH]2)cc1. The van der Waals surface area contributed by atoms with Crippen molar-refractivity contribution in [1.29, 1.82) is 0 Å². The first kappa shape index (κ1) is 13.5. The van der Waals surface area contributed by atoms with Gasteiger partial charge in [0.2, 0.25) is 5.56 Å². The quantitative estimate of drug-likeness (QED) is 0.780. The summed E-state index contributed by atoms with van der Waals surface area (Å²) in [4.78, 5) is 35.9. The molecule has 1 amide bonds. The number of rotatable bonds is 4. The van der Waals surface area contributed by atoms with Gasteiger partial charge in [-0.15, -0.1) is 0 Å². The molecule has 6 heteroatoms. The van der Waals surface area contributed by atoms with E-state index in [2.05, 4.69) is 10.3 Å². The van der Waals surface area contributed by atoms with Crippen LogP contribution in [0, 0.1) is 0 Å². The molecule has 0 atom stereocenters. The van der Waals surface area contributed by atoms with Crippen LogP contribution in [0.3, 0.4) is 0 Å². The number of aromatic amines is 1. The summed E-state index contributed by atoms with van der Waals surface area (Å²) in [6.07, 6.45) is -0.0692. The molecule has 2 aromatic rings. The van der Waals surface area contributed by atoms with E-state index in [0.717, 1.165) is 0 Å². The fourth-order valence-corrected chi connectivity index (χ4v) is 1.66. The molecule has 0 saturated heterocycles. The number of pyridine rings is 1. The minimum absolute atomic E-state index is 0.0692. The molecular weight excluding hydrogens is 260 g/mol. The summed E-state index contributed by atoms with van der Waals surface area (Å²) < 4.78 is 0. The molecule has 1 aromatic heterocycles. The third-order valence-electron chi connectivity index (χ3n) is 2.58. The van der Waals surface area contributed by atoms with Gasteiger partial charge in [-0.3, -0.25) is 14.4 Å². The lowest BCUT2D eigenvalue weighted by Gasteiger charge is -2.05. The second kappa shape index (κ2) is 5.83. The predicted molar refractivity (Wildman–Crippen MR) is 72.8 cm³/mol. The zero-order valence-corrected chi connectivity index (χ0v) is 10.4. The van der Waals surface area contributed by atoms with E-state index in [1.165, 1.54) is 18.2 Å². The van der Waals surface area contributed by atoms with E-state index in [4.69, 9.17) is 5.11 Å². The number of benzene rings is 1. The average molecular weight is 272 g/mol. The second-order valence-corrected chi connectivity index (χ2v) is 4.15. The highest BCUT2D eigenvalue weighted by molar-refractivity contribution is 6.02. The van der Waals surface area contributed by atoms with Crippen LogP contribution >= 0.6 is 0 Å². The maximum Gasteiger partial charge on any atom is 0.307 e. The molecule has 102 valence electrons. The van der Waals surface area contributed by atoms with Crippen LogP contribution in [0.2, 0.25) is 0 Å². The van der Waals surface area contributed by atoms with E-state index in [9.17, 15) is 14.4 Å². The lowest BCUT2D eigenvalue weighted by molar-refractivity contribution is -0.136. The Balaban J connectivity index is 2.08. The molecule has 0 radical (unpaired) electrons. The van der Waals surface area contributed by atoms with E-state index in [1.54, 1.807) is 24.3 Å². The monoisotopic (exact) mass is 272 g/mol. The first-order valence-corrected chi connectivity index (χ1v) is 5.86. The van der Waals surface area contributed by atoms with Crippen molar-refractivity contribution in [2.45, 2.75) is 6.42 Å². The number of aliphatic carboxylic acids is 1. The first-order valence-electron chi connectivity index (χ1n) is 5.86. The van der Waals surface area contributed by atoms with Crippen molar-refractivity contribution in [3.8, 4) is 0 Å². The van der Waals surface area contributed by atoms with Crippen molar-refractivity contribution in [3.05, 3.63) is 64.1 Å². The molecule has 2 rings (SSSR count). The van der Waals surface area contributed by atoms with Gasteiger partial charge in [0.05, 0.1) is 6.42 Å². The zero-order chi connectivity index (χ0) is 14.5. The van der Waals surface area contributed by atoms with Gasteiger partial charge in [-0.2, -0.15) is 0 Å². The molecule has 0 fully saturated rings. The molecule has 1 heterocycles. The number of anilines is 1. The Hall–Kier alpha value is -2.89. The van der Waals surface area contributed by atoms with Gasteiger partial charge in [-0.25, -0.2) is 0 Å². The van der Waals surface area contributed by atoms with Crippen LogP contribution in [0.15, 0.2) is 47.3 Å². The van der Waals surface area contributed by atoms with Crippen LogP contribution in [-0.4, -0.2) is 22.0 Å². The molecule has 0 spiro atoms. The minimum Gasteiger partial charge on any atom is -0.481 e. The Morgan fingerprint density at radius 2 is 1.80 bits per heavy atom. The fourth-order valence-electron chi connectivity index (χ4n) is 1.66. The Bertz CT molecular complexity index is 689. The number of H-pyrrole nitrogens is 1. The third kappa shape index (κ3) is 3.55. The lowest BCUT2D eigenvalue weighted by Crippen LogP contribution is -2.17. The summed E-state index contributed by atoms with van der Waals surface area (Å²) in [5.41, 5.74) is 0.971. The van der Waals surface area contributed by atoms with Crippen LogP contribution < -0.4 is 10.9 Å². The van der Waals surface area contributed by atoms with Gasteiger partial charge in [0.1, 0.15) is 5.69 Å². The molecule has 3 N–H and O–H groups in total. The summed E-state index contributed by atoms with van der Waals surface area (Å²) in [6, 6.07) is 10.8. The number of carbonyl (C=O) groups excluding carboxylic acids is 1. The lowest BCUT2D eigenvalue weighted by atomic mass is 10.1. The highest BCUT2D eigenvalue weighted by atomic mass is 16.4. The number of hydrogen-bond donors (Lipinski definition) is 3. The maximum atomic E-state index is 11.9. The van der Waals surface area contributed by atoms with Crippen LogP contribution in [-0.2, 0) is 11.2 Å². The largest absolute Gasteiger partial charge is 0.481 e. The molecule has 0 bridgehead atoms. The van der Waals surface area contributed by atoms with Crippen LogP contribution in [0.25, 0.3) is 0 Å². The molecule has 6 nitrogen and oxygen atoms in total. The van der Waals surface area contributed by atoms with Crippen molar-refractivity contribution in [2.24, 2.45) is 0 Å². The van der Waals surface area contributed by atoms with Gasteiger partial charge >= 0.3 is 5.97 Å². The summed E-state index contributed by atoms with van der Waals surface area (Å²) in [5, 5.41) is 11.3. The zero-order valence-electron chi connectivity index (χ0n) is 10.4. The molecular formula is C14H12N2O4. The maximum absolute atomic E-state index is 11.9. The molecule has 20 heavy (non-hydrogen) atoms. The topological polar surface area (TPSA) is 99.3 Å². The molecule has 0 aliphatic carbocycles. The van der Waals surface area contributed by atoms with Crippen LogP contribution in [0.4, 0.5) is 5.69 Å². The summed E-state index contributed by atoms with van der Waals surface area (Å²) >= 11 is 0. The second-order valence-electron chi connectivity index (χ2n) is 4.15. The van der Waals surface area contributed by atoms with Crippen LogP contribution in [0.5, 0.6) is 0 Å². The summed E-state index contributed by atoms with van der Waals surface area (Å²) in [7, 11) is 0. The predicted octanol–water partition coefficient (Wildman–Crippen LogP) is 1.25. The van der Waals surface area contributed by atoms with Crippen molar-refractivity contribution < 1.29 is 14.7 Å². The number of hydrogen-bond acceptors (Lipinski definition) is 3. The van der Waals surface area contributed by atoms with Gasteiger partial charge < -0.3 is 15.4 Å². The van der Waals surface area contributed by atoms with Crippen molar-refractivity contribution in [3.63, 3.8) is 0 Å². The Morgan fingerprint density at radius 3 is 2.40 bits per heavy atom. The van der Waals surface area contributed by atoms with E-state index >= 15 is 0 Å². The third-order valence-corrected chi connectivity index (χ3v) is 2.58. The van der Waals surface area contributed by atoms with Gasteiger partial charge in [-0.05, 0) is 23.8 Å². The van der Waals surface area contributed by atoms with Crippen molar-refractivity contribution >= 4 is 17.6 Å². The summed E-state index contributed by atoms with van der Waals surface area (Å²) in [5.74, 6) is -1.35. The van der Waals surface area contributed by atoms with Crippen LogP contribution in [0.1, 0.15) is 16.1 Å². The Kier molecular flexibility index (Phi) is 3.95. The average Bonchev–Trinajstić information content (AvgIpc) is 2.40. The van der Waals surface area contributed by atoms with E-state index < -0.39 is 11.9 Å². The number of carboxylic acid groups (broad SMARTS) is 1. The minimum atomic E-state index is -0.913. The molecule has 1 aromatic carbocycles. The normalized spacial score (nSPS) is 10.0. The Labute approximate surface area is 114 Å². The molecule has 0 unspecified atom stereocenters. The number of amides is 1. The van der Waals surface area contributed by atoms with Crippen molar-refractivity contribution in [1.82, 2.24) is 4.98 Å². The Morgan fingerprint density at radius 1 is 1.10 bits per heavy atom. The highest BCUT2D eigenvalue weighted by Gasteiger charge is 2.07. The van der Waals surface area contributed by atoms with Gasteiger partial charge in [0.15, 0.2) is 0 Å². The number of carbonyl (C=O) groups is 2. The fraction of sp³-hybridized carbons (Fsp3) is 0.0714. The van der Waals surface area contributed by atoms with Gasteiger partial charge in [-0.1, -0.05) is 18.2 Å². The smallest absolute Gasteiger partial charge is 0.307 e. The van der Waals surface area contributed by atoms with E-state index in [1.807, 2.05) is 0 Å². The van der Waals surface area contributed by atoms with E-state index in [0.29, 0.717) is 11.3 Å². The number of aromatic nitrogens is 1. The van der Waals surface area contributed by atoms with Crippen molar-refractivity contribution in [2.75, 3.05) is 5.32 Å². The standard InChI is InChI=1S/C14H12N2O4/c17-12-3-1-2-11(16-12)14(20)15-10-6-4-9(5-7-10)8-13(18)19/h1-7H,8H2,(H,15,20)(H,16,17)(H,18,19). The molecule has 0 saturated carbocycles. The molecule has 0 aliphatic heterocycles. The molecule has 0 aliphatic rings. The number of nitrogens with one attached hydrogen (secondary N) is 2. The number of carboxylic acids is 1. The van der Waals surface area contributed by atoms with Gasteiger partial charge in [0.25, 0.3) is 5.91 Å². The highest BCUT2D eigenvalue weighted by Crippen LogP contribution is 2.11. The first-order chi connectivity index (χ1) is 9.54. The van der Waals surface area contributed by atoms with Gasteiger partial charge in [0, 0.05) is 11.8 Å². The van der Waals surface area contributed by atoms with E-state index in [-0.39, 0.29) is 17.7 Å². The summed E-state index contributed by atoms with van der Waals surface area (Å²) in [6.45, 7) is 0.